The highest BCUT2D eigenvalue weighted by Crippen LogP contribution is 2.14. The van der Waals surface area contributed by atoms with Crippen LogP contribution in [0.4, 0.5) is 0 Å². The van der Waals surface area contributed by atoms with Crippen LogP contribution in [0.1, 0.15) is 0 Å². The Balaban J connectivity index is 2.79. The van der Waals surface area contributed by atoms with Gasteiger partial charge >= 0.3 is 0 Å². The van der Waals surface area contributed by atoms with Crippen molar-refractivity contribution >= 4 is 22.2 Å². The van der Waals surface area contributed by atoms with E-state index < -0.39 is 11.3 Å². The molecular formula is C8H7NO2S. The van der Waals surface area contributed by atoms with Crippen molar-refractivity contribution in [2.45, 2.75) is 0 Å². The SMILES string of the molecule is O=S(O)n1ccc2ccccc21. The van der Waals surface area contributed by atoms with Crippen molar-refractivity contribution in [2.24, 2.45) is 0 Å². The van der Waals surface area contributed by atoms with E-state index in [0.717, 1.165) is 10.9 Å². The summed E-state index contributed by atoms with van der Waals surface area (Å²) in [5.74, 6) is 0. The molecule has 62 valence electrons. The van der Waals surface area contributed by atoms with Crippen LogP contribution in [-0.4, -0.2) is 12.7 Å². The Labute approximate surface area is 72.0 Å². The molecule has 0 aliphatic carbocycles. The normalized spacial score (nSPS) is 13.4. The highest BCUT2D eigenvalue weighted by Gasteiger charge is 2.02. The monoisotopic (exact) mass is 181 g/mol. The summed E-state index contributed by atoms with van der Waals surface area (Å²) in [7, 11) is 0. The zero-order valence-corrected chi connectivity index (χ0v) is 6.99. The van der Waals surface area contributed by atoms with Gasteiger partial charge in [-0.05, 0) is 12.1 Å². The minimum Gasteiger partial charge on any atom is -0.289 e. The van der Waals surface area contributed by atoms with E-state index in [1.165, 1.54) is 3.97 Å². The fraction of sp³-hybridized carbons (Fsp3) is 0. The van der Waals surface area contributed by atoms with E-state index in [4.69, 9.17) is 4.55 Å². The topological polar surface area (TPSA) is 42.2 Å². The van der Waals surface area contributed by atoms with Gasteiger partial charge in [0.15, 0.2) is 0 Å². The zero-order chi connectivity index (χ0) is 8.55. The Morgan fingerprint density at radius 1 is 1.25 bits per heavy atom. The van der Waals surface area contributed by atoms with Gasteiger partial charge in [0.1, 0.15) is 0 Å². The summed E-state index contributed by atoms with van der Waals surface area (Å²) in [5.41, 5.74) is 0.776. The average molecular weight is 181 g/mol. The Morgan fingerprint density at radius 2 is 2.00 bits per heavy atom. The van der Waals surface area contributed by atoms with Gasteiger partial charge in [0.25, 0.3) is 11.3 Å². The van der Waals surface area contributed by atoms with Gasteiger partial charge in [0.2, 0.25) is 0 Å². The van der Waals surface area contributed by atoms with Crippen molar-refractivity contribution in [3.8, 4) is 0 Å². The molecule has 0 spiro atoms. The van der Waals surface area contributed by atoms with Gasteiger partial charge in [0.05, 0.1) is 5.52 Å². The van der Waals surface area contributed by atoms with Crippen molar-refractivity contribution in [2.75, 3.05) is 0 Å². The molecule has 1 atom stereocenters. The lowest BCUT2D eigenvalue weighted by molar-refractivity contribution is 0.556. The Bertz CT molecular complexity index is 435. The molecule has 0 fully saturated rings. The molecule has 1 unspecified atom stereocenters. The molecule has 4 heteroatoms. The van der Waals surface area contributed by atoms with E-state index in [2.05, 4.69) is 0 Å². The van der Waals surface area contributed by atoms with Crippen LogP contribution in [0.3, 0.4) is 0 Å². The molecule has 1 N–H and O–H groups in total. The lowest BCUT2D eigenvalue weighted by Crippen LogP contribution is -1.99. The summed E-state index contributed by atoms with van der Waals surface area (Å²) >= 11 is -1.96. The molecule has 12 heavy (non-hydrogen) atoms. The zero-order valence-electron chi connectivity index (χ0n) is 6.18. The fourth-order valence-corrected chi connectivity index (χ4v) is 1.69. The summed E-state index contributed by atoms with van der Waals surface area (Å²) < 4.78 is 20.9. The minimum atomic E-state index is -1.96. The number of nitrogens with zero attached hydrogens (tertiary/aromatic N) is 1. The maximum Gasteiger partial charge on any atom is 0.266 e. The first-order chi connectivity index (χ1) is 5.79. The van der Waals surface area contributed by atoms with Crippen molar-refractivity contribution in [1.29, 1.82) is 0 Å². The molecule has 1 aromatic heterocycles. The molecule has 0 amide bonds. The summed E-state index contributed by atoms with van der Waals surface area (Å²) in [6.07, 6.45) is 1.60. The molecule has 1 heterocycles. The van der Waals surface area contributed by atoms with Crippen LogP contribution < -0.4 is 0 Å². The predicted molar refractivity (Wildman–Crippen MR) is 48.1 cm³/mol. The van der Waals surface area contributed by atoms with Crippen LogP contribution in [0, 0.1) is 0 Å². The molecule has 0 radical (unpaired) electrons. The number of rotatable bonds is 1. The van der Waals surface area contributed by atoms with Crippen LogP contribution >= 0.6 is 0 Å². The Morgan fingerprint density at radius 3 is 2.75 bits per heavy atom. The van der Waals surface area contributed by atoms with Crippen LogP contribution in [0.5, 0.6) is 0 Å². The second-order valence-electron chi connectivity index (χ2n) is 2.43. The van der Waals surface area contributed by atoms with Crippen LogP contribution in [0.2, 0.25) is 0 Å². The molecular weight excluding hydrogens is 174 g/mol. The number of hydrogen-bond donors (Lipinski definition) is 1. The van der Waals surface area contributed by atoms with Gasteiger partial charge in [-0.3, -0.25) is 4.55 Å². The van der Waals surface area contributed by atoms with E-state index in [1.807, 2.05) is 30.3 Å². The van der Waals surface area contributed by atoms with Crippen LogP contribution in [0.15, 0.2) is 36.5 Å². The molecule has 2 rings (SSSR count). The third-order valence-electron chi connectivity index (χ3n) is 1.73. The number of para-hydroxylation sites is 1. The fourth-order valence-electron chi connectivity index (χ4n) is 1.19. The van der Waals surface area contributed by atoms with Gasteiger partial charge in [0, 0.05) is 11.6 Å². The van der Waals surface area contributed by atoms with Gasteiger partial charge in [-0.25, -0.2) is 8.18 Å². The van der Waals surface area contributed by atoms with Crippen molar-refractivity contribution < 1.29 is 8.76 Å². The van der Waals surface area contributed by atoms with Crippen LogP contribution in [-0.2, 0) is 11.3 Å². The number of hydrogen-bond acceptors (Lipinski definition) is 1. The Kier molecular flexibility index (Phi) is 1.71. The van der Waals surface area contributed by atoms with Crippen molar-refractivity contribution in [3.63, 3.8) is 0 Å². The van der Waals surface area contributed by atoms with E-state index >= 15 is 0 Å². The van der Waals surface area contributed by atoms with Gasteiger partial charge < -0.3 is 0 Å². The van der Waals surface area contributed by atoms with E-state index in [1.54, 1.807) is 6.20 Å². The maximum absolute atomic E-state index is 10.8. The molecule has 2 aromatic rings. The summed E-state index contributed by atoms with van der Waals surface area (Å²) in [6.45, 7) is 0. The molecule has 0 saturated heterocycles. The second-order valence-corrected chi connectivity index (χ2v) is 3.29. The van der Waals surface area contributed by atoms with Gasteiger partial charge in [-0.1, -0.05) is 18.2 Å². The summed E-state index contributed by atoms with van der Waals surface area (Å²) in [4.78, 5) is 0. The van der Waals surface area contributed by atoms with E-state index in [-0.39, 0.29) is 0 Å². The summed E-state index contributed by atoms with van der Waals surface area (Å²) in [6, 6.07) is 9.25. The highest BCUT2D eigenvalue weighted by atomic mass is 32.2. The van der Waals surface area contributed by atoms with Crippen LogP contribution in [0.25, 0.3) is 10.9 Å². The lowest BCUT2D eigenvalue weighted by atomic mass is 10.3. The number of aromatic nitrogens is 1. The van der Waals surface area contributed by atoms with Crippen molar-refractivity contribution in [3.05, 3.63) is 36.5 Å². The molecule has 0 saturated carbocycles. The first-order valence-electron chi connectivity index (χ1n) is 3.46. The summed E-state index contributed by atoms with van der Waals surface area (Å²) in [5, 5.41) is 0.972. The second kappa shape index (κ2) is 2.73. The number of fused-ring (bicyclic) bond motifs is 1. The highest BCUT2D eigenvalue weighted by molar-refractivity contribution is 7.77. The third kappa shape index (κ3) is 1.05. The van der Waals surface area contributed by atoms with E-state index in [0.29, 0.717) is 0 Å². The predicted octanol–water partition coefficient (Wildman–Crippen LogP) is 1.63. The molecule has 0 aliphatic rings. The van der Waals surface area contributed by atoms with Gasteiger partial charge in [-0.15, -0.1) is 0 Å². The number of benzene rings is 1. The molecule has 1 aromatic carbocycles. The third-order valence-corrected chi connectivity index (χ3v) is 2.39. The maximum atomic E-state index is 10.8. The molecule has 0 aliphatic heterocycles. The standard InChI is InChI=1S/C8H7NO2S/c10-12(11)9-6-5-7-3-1-2-4-8(7)9/h1-6H,(H,10,11). The minimum absolute atomic E-state index is 0.776. The van der Waals surface area contributed by atoms with E-state index in [9.17, 15) is 4.21 Å². The van der Waals surface area contributed by atoms with Gasteiger partial charge in [-0.2, -0.15) is 0 Å². The van der Waals surface area contributed by atoms with Crippen molar-refractivity contribution in [1.82, 2.24) is 3.97 Å². The average Bonchev–Trinajstić information content (AvgIpc) is 2.47. The first-order valence-corrected chi connectivity index (χ1v) is 4.53. The smallest absolute Gasteiger partial charge is 0.266 e. The quantitative estimate of drug-likeness (QED) is 0.679. The first kappa shape index (κ1) is 7.52. The lowest BCUT2D eigenvalue weighted by Gasteiger charge is -1.96. The molecule has 3 nitrogen and oxygen atoms in total. The molecule has 0 bridgehead atoms. The Hall–Kier alpha value is -1.13. The largest absolute Gasteiger partial charge is 0.289 e.